The van der Waals surface area contributed by atoms with Crippen LogP contribution in [0.5, 0.6) is 17.2 Å². The van der Waals surface area contributed by atoms with E-state index in [1.165, 1.54) is 7.11 Å². The first-order valence-electron chi connectivity index (χ1n) is 10.1. The molecule has 2 heterocycles. The molecule has 0 saturated carbocycles. The number of aromatic nitrogens is 2. The van der Waals surface area contributed by atoms with Crippen molar-refractivity contribution in [3.05, 3.63) is 78.4 Å². The van der Waals surface area contributed by atoms with Crippen LogP contribution in [0.2, 0.25) is 0 Å². The van der Waals surface area contributed by atoms with Crippen LogP contribution in [0.3, 0.4) is 0 Å². The number of ether oxygens (including phenoxy) is 2. The van der Waals surface area contributed by atoms with Crippen LogP contribution in [-0.2, 0) is 4.79 Å². The van der Waals surface area contributed by atoms with E-state index in [2.05, 4.69) is 5.32 Å². The van der Waals surface area contributed by atoms with E-state index in [4.69, 9.17) is 14.6 Å². The largest absolute Gasteiger partial charge is 0.504 e. The Kier molecular flexibility index (Phi) is 4.78. The van der Waals surface area contributed by atoms with Gasteiger partial charge in [-0.3, -0.25) is 4.79 Å². The highest BCUT2D eigenvalue weighted by Crippen LogP contribution is 2.42. The lowest BCUT2D eigenvalue weighted by atomic mass is 10.1. The zero-order chi connectivity index (χ0) is 22.2. The van der Waals surface area contributed by atoms with Crippen LogP contribution in [0.15, 0.2) is 72.8 Å². The Bertz CT molecular complexity index is 1310. The Morgan fingerprint density at radius 2 is 1.75 bits per heavy atom. The SMILES string of the molecule is COc1ccc(-c2cc(-c3cccc(OC)c3O)n(C3C(=O)Nc4ccccc43)n2)cc1. The van der Waals surface area contributed by atoms with Gasteiger partial charge in [-0.2, -0.15) is 5.10 Å². The van der Waals surface area contributed by atoms with E-state index in [0.29, 0.717) is 22.7 Å². The lowest BCUT2D eigenvalue weighted by molar-refractivity contribution is -0.117. The number of carbonyl (C=O) groups is 1. The normalized spacial score (nSPS) is 14.7. The maximum atomic E-state index is 13.0. The molecule has 0 saturated heterocycles. The van der Waals surface area contributed by atoms with Gasteiger partial charge in [0.15, 0.2) is 17.5 Å². The number of anilines is 1. The molecular formula is C25H21N3O4. The molecule has 32 heavy (non-hydrogen) atoms. The summed E-state index contributed by atoms with van der Waals surface area (Å²) in [5.74, 6) is 0.892. The second-order valence-electron chi connectivity index (χ2n) is 7.42. The van der Waals surface area contributed by atoms with Gasteiger partial charge in [-0.25, -0.2) is 4.68 Å². The van der Waals surface area contributed by atoms with Crippen molar-refractivity contribution >= 4 is 11.6 Å². The van der Waals surface area contributed by atoms with Crippen molar-refractivity contribution in [3.8, 4) is 39.8 Å². The molecular weight excluding hydrogens is 406 g/mol. The molecule has 2 N–H and O–H groups in total. The molecule has 1 aliphatic heterocycles. The zero-order valence-corrected chi connectivity index (χ0v) is 17.6. The quantitative estimate of drug-likeness (QED) is 0.490. The van der Waals surface area contributed by atoms with Crippen molar-refractivity contribution in [1.29, 1.82) is 0 Å². The Hall–Kier alpha value is -4.26. The minimum Gasteiger partial charge on any atom is -0.504 e. The van der Waals surface area contributed by atoms with Crippen molar-refractivity contribution in [2.45, 2.75) is 6.04 Å². The van der Waals surface area contributed by atoms with Crippen LogP contribution >= 0.6 is 0 Å². The summed E-state index contributed by atoms with van der Waals surface area (Å²) in [6.07, 6.45) is 0. The number of nitrogens with one attached hydrogen (secondary N) is 1. The molecule has 0 radical (unpaired) electrons. The Morgan fingerprint density at radius 1 is 0.969 bits per heavy atom. The van der Waals surface area contributed by atoms with E-state index in [1.54, 1.807) is 30.0 Å². The number of para-hydroxylation sites is 2. The lowest BCUT2D eigenvalue weighted by Crippen LogP contribution is -2.21. The summed E-state index contributed by atoms with van der Waals surface area (Å²) in [6, 6.07) is 21.5. The molecule has 0 bridgehead atoms. The van der Waals surface area contributed by atoms with Crippen molar-refractivity contribution in [2.24, 2.45) is 0 Å². The topological polar surface area (TPSA) is 85.6 Å². The first-order valence-corrected chi connectivity index (χ1v) is 10.1. The third-order valence-corrected chi connectivity index (χ3v) is 5.62. The Labute approximate surface area is 184 Å². The predicted octanol–water partition coefficient (Wildman–Crippen LogP) is 4.48. The fraction of sp³-hybridized carbons (Fsp3) is 0.120. The fourth-order valence-electron chi connectivity index (χ4n) is 4.02. The molecule has 0 fully saturated rings. The average molecular weight is 427 g/mol. The molecule has 7 nitrogen and oxygen atoms in total. The number of methoxy groups -OCH3 is 2. The maximum Gasteiger partial charge on any atom is 0.253 e. The number of nitrogens with zero attached hydrogens (tertiary/aromatic N) is 2. The minimum atomic E-state index is -0.668. The molecule has 1 aliphatic rings. The maximum absolute atomic E-state index is 13.0. The summed E-state index contributed by atoms with van der Waals surface area (Å²) in [6.45, 7) is 0. The van der Waals surface area contributed by atoms with Crippen molar-refractivity contribution in [2.75, 3.05) is 19.5 Å². The second-order valence-corrected chi connectivity index (χ2v) is 7.42. The van der Waals surface area contributed by atoms with E-state index in [-0.39, 0.29) is 11.7 Å². The van der Waals surface area contributed by atoms with Gasteiger partial charge in [0.2, 0.25) is 0 Å². The van der Waals surface area contributed by atoms with Gasteiger partial charge in [0, 0.05) is 22.4 Å². The summed E-state index contributed by atoms with van der Waals surface area (Å²) in [4.78, 5) is 13.0. The van der Waals surface area contributed by atoms with E-state index in [9.17, 15) is 9.90 Å². The van der Waals surface area contributed by atoms with Gasteiger partial charge in [0.25, 0.3) is 5.91 Å². The molecule has 160 valence electrons. The number of amides is 1. The number of aromatic hydroxyl groups is 1. The second kappa shape index (κ2) is 7.77. The van der Waals surface area contributed by atoms with Crippen LogP contribution in [0, 0.1) is 0 Å². The standard InChI is InChI=1S/C25H21N3O4/c1-31-16-12-10-15(11-13-16)20-14-21(18-7-5-9-22(32-2)24(18)29)28(27-20)23-17-6-3-4-8-19(17)26-25(23)30/h3-14,23,29H,1-2H3,(H,26,30). The first kappa shape index (κ1) is 19.7. The number of phenolic OH excluding ortho intramolecular Hbond substituents is 1. The average Bonchev–Trinajstić information content (AvgIpc) is 3.39. The summed E-state index contributed by atoms with van der Waals surface area (Å²) < 4.78 is 12.2. The summed E-state index contributed by atoms with van der Waals surface area (Å²) >= 11 is 0. The fourth-order valence-corrected chi connectivity index (χ4v) is 4.02. The van der Waals surface area contributed by atoms with Crippen molar-refractivity contribution in [3.63, 3.8) is 0 Å². The smallest absolute Gasteiger partial charge is 0.253 e. The van der Waals surface area contributed by atoms with Gasteiger partial charge in [0.1, 0.15) is 5.75 Å². The highest BCUT2D eigenvalue weighted by Gasteiger charge is 2.35. The molecule has 7 heteroatoms. The Morgan fingerprint density at radius 3 is 2.50 bits per heavy atom. The predicted molar refractivity (Wildman–Crippen MR) is 121 cm³/mol. The van der Waals surface area contributed by atoms with Gasteiger partial charge in [-0.05, 0) is 48.5 Å². The van der Waals surface area contributed by atoms with Crippen LogP contribution in [-0.4, -0.2) is 35.0 Å². The number of hydrogen-bond acceptors (Lipinski definition) is 5. The Balaban J connectivity index is 1.72. The summed E-state index contributed by atoms with van der Waals surface area (Å²) in [5.41, 5.74) is 4.23. The molecule has 5 rings (SSSR count). The molecule has 3 aromatic carbocycles. The van der Waals surface area contributed by atoms with Crippen molar-refractivity contribution < 1.29 is 19.4 Å². The van der Waals surface area contributed by atoms with E-state index < -0.39 is 6.04 Å². The van der Waals surface area contributed by atoms with Gasteiger partial charge in [0.05, 0.1) is 25.6 Å². The minimum absolute atomic E-state index is 0.0101. The summed E-state index contributed by atoms with van der Waals surface area (Å²) in [7, 11) is 3.11. The molecule has 1 unspecified atom stereocenters. The van der Waals surface area contributed by atoms with Crippen LogP contribution in [0.4, 0.5) is 5.69 Å². The molecule has 1 amide bonds. The molecule has 4 aromatic rings. The zero-order valence-electron chi connectivity index (χ0n) is 17.6. The number of hydrogen-bond donors (Lipinski definition) is 2. The highest BCUT2D eigenvalue weighted by molar-refractivity contribution is 6.03. The third-order valence-electron chi connectivity index (χ3n) is 5.62. The van der Waals surface area contributed by atoms with Crippen LogP contribution in [0.25, 0.3) is 22.5 Å². The summed E-state index contributed by atoms with van der Waals surface area (Å²) in [5, 5.41) is 18.6. The number of carbonyl (C=O) groups excluding carboxylic acids is 1. The number of fused-ring (bicyclic) bond motifs is 1. The van der Waals surface area contributed by atoms with E-state index >= 15 is 0 Å². The third kappa shape index (κ3) is 3.15. The molecule has 0 aliphatic carbocycles. The monoisotopic (exact) mass is 427 g/mol. The highest BCUT2D eigenvalue weighted by atomic mass is 16.5. The lowest BCUT2D eigenvalue weighted by Gasteiger charge is -2.15. The van der Waals surface area contributed by atoms with Gasteiger partial charge < -0.3 is 19.9 Å². The van der Waals surface area contributed by atoms with Crippen molar-refractivity contribution in [1.82, 2.24) is 9.78 Å². The van der Waals surface area contributed by atoms with Gasteiger partial charge >= 0.3 is 0 Å². The molecule has 0 spiro atoms. The number of benzene rings is 3. The molecule has 1 aromatic heterocycles. The van der Waals surface area contributed by atoms with E-state index in [0.717, 1.165) is 22.6 Å². The molecule has 1 atom stereocenters. The first-order chi connectivity index (χ1) is 15.6. The van der Waals surface area contributed by atoms with E-state index in [1.807, 2.05) is 54.6 Å². The number of rotatable bonds is 5. The van der Waals surface area contributed by atoms with Gasteiger partial charge in [-0.15, -0.1) is 0 Å². The van der Waals surface area contributed by atoms with Crippen LogP contribution in [0.1, 0.15) is 11.6 Å². The van der Waals surface area contributed by atoms with Gasteiger partial charge in [-0.1, -0.05) is 24.3 Å². The number of phenols is 1. The van der Waals surface area contributed by atoms with Crippen LogP contribution < -0.4 is 14.8 Å².